The fraction of sp³-hybridized carbons (Fsp3) is 0.583. The van der Waals surface area contributed by atoms with Crippen molar-refractivity contribution >= 4 is 12.8 Å². The van der Waals surface area contributed by atoms with Crippen LogP contribution >= 0.6 is 0 Å². The molecule has 0 saturated carbocycles. The van der Waals surface area contributed by atoms with Gasteiger partial charge in [-0.3, -0.25) is 5.10 Å². The third-order valence-electron chi connectivity index (χ3n) is 2.14. The summed E-state index contributed by atoms with van der Waals surface area (Å²) in [6.07, 6.45) is 0. The lowest BCUT2D eigenvalue weighted by Crippen LogP contribution is -2.18. The zero-order valence-corrected chi connectivity index (χ0v) is 11.1. The van der Waals surface area contributed by atoms with Crippen LogP contribution < -0.4 is 0 Å². The largest absolute Gasteiger partial charge is 0.462 e. The highest BCUT2D eigenvalue weighted by atomic mass is 16.5. The number of carbonyl (C=O) groups is 2. The molecule has 0 unspecified atom stereocenters. The van der Waals surface area contributed by atoms with E-state index in [4.69, 9.17) is 9.53 Å². The molecule has 0 aromatic carbocycles. The SMILES string of the molecule is C=O.CCOC(=O)c1c(C(C)(C)C)n[nH]c1C. The second kappa shape index (κ2) is 6.18. The Morgan fingerprint density at radius 1 is 1.41 bits per heavy atom. The van der Waals surface area contributed by atoms with Crippen molar-refractivity contribution in [3.05, 3.63) is 17.0 Å². The van der Waals surface area contributed by atoms with Gasteiger partial charge in [0.1, 0.15) is 12.4 Å². The number of aromatic amines is 1. The predicted molar refractivity (Wildman–Crippen MR) is 65.1 cm³/mol. The lowest BCUT2D eigenvalue weighted by molar-refractivity contribution is -0.0980. The zero-order valence-electron chi connectivity index (χ0n) is 11.1. The Balaban J connectivity index is 0.00000121. The number of hydrogen-bond acceptors (Lipinski definition) is 4. The standard InChI is InChI=1S/C11H18N2O2.CH2O/c1-6-15-10(14)8-7(2)12-13-9(8)11(3,4)5;1-2/h6H2,1-5H3,(H,12,13);1H2. The van der Waals surface area contributed by atoms with E-state index in [1.807, 2.05) is 34.5 Å². The monoisotopic (exact) mass is 240 g/mol. The van der Waals surface area contributed by atoms with Crippen molar-refractivity contribution in [1.29, 1.82) is 0 Å². The zero-order chi connectivity index (χ0) is 13.6. The average Bonchev–Trinajstić information content (AvgIpc) is 2.63. The summed E-state index contributed by atoms with van der Waals surface area (Å²) in [7, 11) is 0. The molecule has 5 nitrogen and oxygen atoms in total. The van der Waals surface area contributed by atoms with Crippen molar-refractivity contribution in [2.45, 2.75) is 40.0 Å². The molecule has 0 atom stereocenters. The number of esters is 1. The number of rotatable bonds is 2. The molecule has 0 amide bonds. The van der Waals surface area contributed by atoms with Gasteiger partial charge in [0, 0.05) is 11.1 Å². The van der Waals surface area contributed by atoms with Gasteiger partial charge in [0.2, 0.25) is 0 Å². The van der Waals surface area contributed by atoms with E-state index in [1.54, 1.807) is 6.92 Å². The van der Waals surface area contributed by atoms with Crippen molar-refractivity contribution in [2.75, 3.05) is 6.61 Å². The molecule has 0 aliphatic rings. The van der Waals surface area contributed by atoms with E-state index in [1.165, 1.54) is 0 Å². The lowest BCUT2D eigenvalue weighted by Gasteiger charge is -2.16. The molecule has 0 bridgehead atoms. The van der Waals surface area contributed by atoms with Crippen LogP contribution in [0.15, 0.2) is 0 Å². The maximum atomic E-state index is 11.7. The van der Waals surface area contributed by atoms with Crippen molar-refractivity contribution < 1.29 is 14.3 Å². The van der Waals surface area contributed by atoms with Crippen LogP contribution in [0.5, 0.6) is 0 Å². The van der Waals surface area contributed by atoms with Crippen LogP contribution in [0.4, 0.5) is 0 Å². The van der Waals surface area contributed by atoms with Gasteiger partial charge in [-0.05, 0) is 13.8 Å². The van der Waals surface area contributed by atoms with Crippen LogP contribution in [-0.2, 0) is 14.9 Å². The first-order chi connectivity index (χ1) is 7.88. The first-order valence-corrected chi connectivity index (χ1v) is 5.39. The van der Waals surface area contributed by atoms with Crippen LogP contribution in [0.3, 0.4) is 0 Å². The van der Waals surface area contributed by atoms with E-state index in [2.05, 4.69) is 10.2 Å². The van der Waals surface area contributed by atoms with Gasteiger partial charge in [-0.15, -0.1) is 0 Å². The number of aryl methyl sites for hydroxylation is 1. The Hall–Kier alpha value is -1.65. The molecule has 17 heavy (non-hydrogen) atoms. The van der Waals surface area contributed by atoms with Gasteiger partial charge in [0.15, 0.2) is 0 Å². The third-order valence-corrected chi connectivity index (χ3v) is 2.14. The molecule has 1 heterocycles. The number of aromatic nitrogens is 2. The van der Waals surface area contributed by atoms with E-state index < -0.39 is 0 Å². The molecule has 0 spiro atoms. The fourth-order valence-corrected chi connectivity index (χ4v) is 1.42. The molecule has 0 saturated heterocycles. The summed E-state index contributed by atoms with van der Waals surface area (Å²) < 4.78 is 5.00. The minimum atomic E-state index is -0.298. The number of nitrogens with zero attached hydrogens (tertiary/aromatic N) is 1. The molecule has 96 valence electrons. The van der Waals surface area contributed by atoms with Crippen molar-refractivity contribution in [1.82, 2.24) is 10.2 Å². The molecule has 0 aliphatic carbocycles. The topological polar surface area (TPSA) is 72.1 Å². The molecule has 1 aromatic heterocycles. The minimum Gasteiger partial charge on any atom is -0.462 e. The highest BCUT2D eigenvalue weighted by Gasteiger charge is 2.27. The smallest absolute Gasteiger partial charge is 0.341 e. The average molecular weight is 240 g/mol. The molecule has 0 aliphatic heterocycles. The maximum Gasteiger partial charge on any atom is 0.341 e. The molecule has 1 rings (SSSR count). The van der Waals surface area contributed by atoms with Gasteiger partial charge in [-0.1, -0.05) is 20.8 Å². The Morgan fingerprint density at radius 3 is 2.35 bits per heavy atom. The lowest BCUT2D eigenvalue weighted by atomic mass is 9.89. The fourth-order valence-electron chi connectivity index (χ4n) is 1.42. The third kappa shape index (κ3) is 3.69. The van der Waals surface area contributed by atoms with Gasteiger partial charge >= 0.3 is 5.97 Å². The summed E-state index contributed by atoms with van der Waals surface area (Å²) in [6, 6.07) is 0. The van der Waals surface area contributed by atoms with E-state index in [-0.39, 0.29) is 11.4 Å². The van der Waals surface area contributed by atoms with E-state index in [0.717, 1.165) is 11.4 Å². The normalized spacial score (nSPS) is 10.4. The molecule has 5 heteroatoms. The number of ether oxygens (including phenoxy) is 1. The van der Waals surface area contributed by atoms with Gasteiger partial charge in [-0.2, -0.15) is 5.10 Å². The highest BCUT2D eigenvalue weighted by molar-refractivity contribution is 5.92. The van der Waals surface area contributed by atoms with Crippen LogP contribution in [0.2, 0.25) is 0 Å². The number of hydrogen-bond donors (Lipinski definition) is 1. The highest BCUT2D eigenvalue weighted by Crippen LogP contribution is 2.25. The van der Waals surface area contributed by atoms with Crippen molar-refractivity contribution in [3.63, 3.8) is 0 Å². The van der Waals surface area contributed by atoms with Crippen molar-refractivity contribution in [2.24, 2.45) is 0 Å². The van der Waals surface area contributed by atoms with Crippen LogP contribution in [0.25, 0.3) is 0 Å². The summed E-state index contributed by atoms with van der Waals surface area (Å²) in [5, 5.41) is 7.00. The summed E-state index contributed by atoms with van der Waals surface area (Å²) >= 11 is 0. The Labute approximate surface area is 102 Å². The molecule has 1 aromatic rings. The predicted octanol–water partition coefficient (Wildman–Crippen LogP) is 2.01. The summed E-state index contributed by atoms with van der Waals surface area (Å²) in [4.78, 5) is 19.7. The molecule has 0 radical (unpaired) electrons. The van der Waals surface area contributed by atoms with Crippen LogP contribution in [-0.4, -0.2) is 29.6 Å². The van der Waals surface area contributed by atoms with Gasteiger partial charge in [0.05, 0.1) is 12.3 Å². The molecular formula is C12H20N2O3. The molecular weight excluding hydrogens is 220 g/mol. The van der Waals surface area contributed by atoms with E-state index in [9.17, 15) is 4.79 Å². The summed E-state index contributed by atoms with van der Waals surface area (Å²) in [5.41, 5.74) is 1.94. The number of carbonyl (C=O) groups excluding carboxylic acids is 2. The van der Waals surface area contributed by atoms with Crippen LogP contribution in [0.1, 0.15) is 49.4 Å². The maximum absolute atomic E-state index is 11.7. The number of nitrogens with one attached hydrogen (secondary N) is 1. The second-order valence-electron chi connectivity index (χ2n) is 4.54. The van der Waals surface area contributed by atoms with E-state index in [0.29, 0.717) is 12.2 Å². The van der Waals surface area contributed by atoms with Gasteiger partial charge in [-0.25, -0.2) is 4.79 Å². The first-order valence-electron chi connectivity index (χ1n) is 5.39. The second-order valence-corrected chi connectivity index (χ2v) is 4.54. The molecule has 0 fully saturated rings. The minimum absolute atomic E-state index is 0.160. The van der Waals surface area contributed by atoms with Crippen LogP contribution in [0, 0.1) is 6.92 Å². The Kier molecular flexibility index (Phi) is 5.58. The number of H-pyrrole nitrogens is 1. The first kappa shape index (κ1) is 15.3. The van der Waals surface area contributed by atoms with Crippen molar-refractivity contribution in [3.8, 4) is 0 Å². The summed E-state index contributed by atoms with van der Waals surface area (Å²) in [6.45, 7) is 12.1. The molecule has 1 N–H and O–H groups in total. The Morgan fingerprint density at radius 2 is 1.94 bits per heavy atom. The van der Waals surface area contributed by atoms with Gasteiger partial charge < -0.3 is 9.53 Å². The summed E-state index contributed by atoms with van der Waals surface area (Å²) in [5.74, 6) is -0.298. The van der Waals surface area contributed by atoms with E-state index >= 15 is 0 Å². The Bertz CT molecular complexity index is 378. The quantitative estimate of drug-likeness (QED) is 0.802. The van der Waals surface area contributed by atoms with Gasteiger partial charge in [0.25, 0.3) is 0 Å².